The summed E-state index contributed by atoms with van der Waals surface area (Å²) in [6.45, 7) is 22.8. The Hall–Kier alpha value is -1.61. The normalized spacial score (nSPS) is 47.0. The van der Waals surface area contributed by atoms with Crippen LogP contribution in [0.15, 0.2) is 4.99 Å². The van der Waals surface area contributed by atoms with Crippen molar-refractivity contribution in [3.63, 3.8) is 0 Å². The molecule has 12 nitrogen and oxygen atoms in total. The zero-order valence-corrected chi connectivity index (χ0v) is 32.4. The van der Waals surface area contributed by atoms with Crippen molar-refractivity contribution < 1.29 is 42.8 Å². The summed E-state index contributed by atoms with van der Waals surface area (Å²) in [5.74, 6) is -4.57. The Morgan fingerprint density at radius 1 is 1.10 bits per heavy atom. The summed E-state index contributed by atoms with van der Waals surface area (Å²) in [7, 11) is 2.06. The van der Waals surface area contributed by atoms with Gasteiger partial charge in [0.2, 0.25) is 0 Å². The number of likely N-dealkylation sites (N-methyl/N-ethyl adjacent to an activating group) is 1. The first-order valence-corrected chi connectivity index (χ1v) is 21.4. The van der Waals surface area contributed by atoms with Crippen molar-refractivity contribution >= 4 is 26.1 Å². The van der Waals surface area contributed by atoms with E-state index in [9.17, 15) is 14.7 Å². The van der Waals surface area contributed by atoms with E-state index in [1.165, 1.54) is 0 Å². The van der Waals surface area contributed by atoms with Crippen LogP contribution in [-0.4, -0.2) is 128 Å². The predicted octanol–water partition coefficient (Wildman–Crippen LogP) is 4.44. The maximum Gasteiger partial charge on any atom is 0.410 e. The quantitative estimate of drug-likeness (QED) is 0.315. The molecule has 13 heteroatoms. The number of hydrogen-bond donors (Lipinski definition) is 1. The van der Waals surface area contributed by atoms with Gasteiger partial charge in [0.1, 0.15) is 18.1 Å². The largest absolute Gasteiger partial charge is 0.458 e. The number of carbonyl (C=O) groups excluding carboxylic acids is 2. The van der Waals surface area contributed by atoms with Crippen LogP contribution in [0.1, 0.15) is 74.7 Å². The van der Waals surface area contributed by atoms with Crippen LogP contribution in [-0.2, 0) is 32.9 Å². The SMILES string of the molecule is CC[C@H]1OC(=O)[C@H](C)[C@@]2(O)O[C@](C)(C[C@@H](C)C3=NCCN4C(=O)O[C@@]1(C)[C@H]4[C@H]3C)[C@H](O[C@@H]1O[C@H](C)C[C@H](N(C)C)[C@H]1O[Si](C)(C)C)[C@@H]2C. The van der Waals surface area contributed by atoms with Gasteiger partial charge in [-0.05, 0) is 86.6 Å². The van der Waals surface area contributed by atoms with Gasteiger partial charge in [-0.1, -0.05) is 27.7 Å². The number of rotatable bonds is 6. The molecular weight excluding hydrogens is 634 g/mol. The molecular formula is C35H61N3O9Si. The fourth-order valence-corrected chi connectivity index (χ4v) is 10.5. The maximum atomic E-state index is 14.1. The van der Waals surface area contributed by atoms with Gasteiger partial charge in [0.25, 0.3) is 0 Å². The van der Waals surface area contributed by atoms with Crippen molar-refractivity contribution in [2.75, 3.05) is 27.2 Å². The lowest BCUT2D eigenvalue weighted by atomic mass is 9.74. The van der Waals surface area contributed by atoms with E-state index in [0.29, 0.717) is 25.9 Å². The Morgan fingerprint density at radius 3 is 2.38 bits per heavy atom. The highest BCUT2D eigenvalue weighted by molar-refractivity contribution is 6.69. The number of nitrogens with zero attached hydrogens (tertiary/aromatic N) is 3. The highest BCUT2D eigenvalue weighted by Crippen LogP contribution is 2.52. The molecule has 0 aromatic rings. The van der Waals surface area contributed by atoms with Crippen LogP contribution in [0.25, 0.3) is 0 Å². The standard InChI is InChI=1S/C35H61N3O9Si/c1-14-25-34(8)28-21(4)26(36-15-16-38(28)32(40)45-34)19(2)18-33(7)29(22(5)35(41,47-33)23(6)30(39)43-25)44-31-27(46-48(11,12)13)24(37(9)10)17-20(3)42-31/h19-25,27-29,31,41H,14-18H2,1-13H3/t19-,20-,21+,22+,23+,24+,25-,27-,28-,29-,31+,33-,34-,35+/m1/s1. The van der Waals surface area contributed by atoms with E-state index in [2.05, 4.69) is 52.5 Å². The summed E-state index contributed by atoms with van der Waals surface area (Å²) >= 11 is 0. The van der Waals surface area contributed by atoms with Gasteiger partial charge in [-0.15, -0.1) is 0 Å². The van der Waals surface area contributed by atoms with Crippen LogP contribution >= 0.6 is 0 Å². The van der Waals surface area contributed by atoms with Gasteiger partial charge in [-0.2, -0.15) is 0 Å². The lowest BCUT2D eigenvalue weighted by Gasteiger charge is -2.47. The molecule has 4 fully saturated rings. The van der Waals surface area contributed by atoms with Gasteiger partial charge in [-0.3, -0.25) is 14.7 Å². The number of aliphatic imine (C=N–C) groups is 1. The molecule has 1 N–H and O–H groups in total. The number of carbonyl (C=O) groups is 2. The van der Waals surface area contributed by atoms with Crippen LogP contribution in [0.2, 0.25) is 19.6 Å². The molecule has 0 spiro atoms. The van der Waals surface area contributed by atoms with E-state index in [1.807, 2.05) is 34.6 Å². The fourth-order valence-electron chi connectivity index (χ4n) is 9.40. The van der Waals surface area contributed by atoms with Crippen molar-refractivity contribution in [3.8, 4) is 0 Å². The topological polar surface area (TPSA) is 129 Å². The molecule has 0 radical (unpaired) electrons. The summed E-state index contributed by atoms with van der Waals surface area (Å²) in [5.41, 5.74) is -1.21. The van der Waals surface area contributed by atoms with E-state index >= 15 is 0 Å². The van der Waals surface area contributed by atoms with Gasteiger partial charge in [0, 0.05) is 30.1 Å². The molecule has 5 aliphatic rings. The third-order valence-corrected chi connectivity index (χ3v) is 12.6. The third-order valence-electron chi connectivity index (χ3n) is 11.6. The second-order valence-corrected chi connectivity index (χ2v) is 21.2. The first-order chi connectivity index (χ1) is 22.2. The molecule has 4 saturated heterocycles. The Bertz CT molecular complexity index is 1260. The predicted molar refractivity (Wildman–Crippen MR) is 183 cm³/mol. The average molecular weight is 696 g/mol. The summed E-state index contributed by atoms with van der Waals surface area (Å²) < 4.78 is 39.4. The summed E-state index contributed by atoms with van der Waals surface area (Å²) in [6.07, 6.45) is -1.35. The summed E-state index contributed by atoms with van der Waals surface area (Å²) in [6, 6.07) is -0.332. The number of hydrogen-bond acceptors (Lipinski definition) is 11. The second-order valence-electron chi connectivity index (χ2n) is 16.7. The molecule has 48 heavy (non-hydrogen) atoms. The maximum absolute atomic E-state index is 14.1. The van der Waals surface area contributed by atoms with Crippen LogP contribution in [0.5, 0.6) is 0 Å². The number of cyclic esters (lactones) is 1. The number of amides is 1. The van der Waals surface area contributed by atoms with Gasteiger partial charge >= 0.3 is 12.1 Å². The molecule has 5 rings (SSSR count). The van der Waals surface area contributed by atoms with E-state index < -0.39 is 67.7 Å². The minimum absolute atomic E-state index is 0.0553. The molecule has 274 valence electrons. The van der Waals surface area contributed by atoms with Gasteiger partial charge in [0.15, 0.2) is 26.0 Å². The molecule has 4 bridgehead atoms. The molecule has 5 aliphatic heterocycles. The van der Waals surface area contributed by atoms with Crippen molar-refractivity contribution in [1.82, 2.24) is 9.80 Å². The third kappa shape index (κ3) is 6.50. The van der Waals surface area contributed by atoms with Crippen molar-refractivity contribution in [3.05, 3.63) is 0 Å². The zero-order valence-electron chi connectivity index (χ0n) is 31.4. The van der Waals surface area contributed by atoms with Gasteiger partial charge in [-0.25, -0.2) is 4.79 Å². The van der Waals surface area contributed by atoms with E-state index in [0.717, 1.165) is 12.1 Å². The number of esters is 1. The van der Waals surface area contributed by atoms with Crippen molar-refractivity contribution in [2.45, 2.75) is 154 Å². The molecule has 0 aliphatic carbocycles. The first-order valence-electron chi connectivity index (χ1n) is 18.0. The molecule has 0 aromatic heterocycles. The van der Waals surface area contributed by atoms with E-state index in [4.69, 9.17) is 33.1 Å². The van der Waals surface area contributed by atoms with Gasteiger partial charge < -0.3 is 38.1 Å². The summed E-state index contributed by atoms with van der Waals surface area (Å²) in [4.78, 5) is 36.3. The van der Waals surface area contributed by atoms with Crippen molar-refractivity contribution in [1.29, 1.82) is 0 Å². The lowest BCUT2D eigenvalue weighted by molar-refractivity contribution is -0.282. The average Bonchev–Trinajstić information content (AvgIpc) is 3.23. The van der Waals surface area contributed by atoms with E-state index in [1.54, 1.807) is 11.8 Å². The second kappa shape index (κ2) is 13.2. The zero-order chi connectivity index (χ0) is 35.7. The number of fused-ring (bicyclic) bond motifs is 3. The smallest absolute Gasteiger partial charge is 0.410 e. The van der Waals surface area contributed by atoms with Crippen LogP contribution in [0.3, 0.4) is 0 Å². The molecule has 0 unspecified atom stereocenters. The lowest BCUT2D eigenvalue weighted by Crippen LogP contribution is -2.60. The minimum atomic E-state index is -2.04. The molecule has 14 atom stereocenters. The first kappa shape index (κ1) is 37.6. The summed E-state index contributed by atoms with van der Waals surface area (Å²) in [5, 5.41) is 12.5. The van der Waals surface area contributed by atoms with Gasteiger partial charge in [0.05, 0.1) is 30.4 Å². The van der Waals surface area contributed by atoms with Crippen LogP contribution in [0.4, 0.5) is 4.79 Å². The van der Waals surface area contributed by atoms with Crippen LogP contribution in [0, 0.1) is 23.7 Å². The Kier molecular flexibility index (Phi) is 10.3. The minimum Gasteiger partial charge on any atom is -0.458 e. The monoisotopic (exact) mass is 695 g/mol. The van der Waals surface area contributed by atoms with Crippen molar-refractivity contribution in [2.24, 2.45) is 28.7 Å². The fraction of sp³-hybridized carbons (Fsp3) is 0.914. The Balaban J connectivity index is 1.58. The highest BCUT2D eigenvalue weighted by atomic mass is 28.4. The highest BCUT2D eigenvalue weighted by Gasteiger charge is 2.66. The van der Waals surface area contributed by atoms with Crippen LogP contribution < -0.4 is 0 Å². The molecule has 0 aromatic carbocycles. The molecule has 0 saturated carbocycles. The Labute approximate surface area is 288 Å². The molecule has 1 amide bonds. The number of aliphatic hydroxyl groups is 1. The molecule has 5 heterocycles. The van der Waals surface area contributed by atoms with E-state index in [-0.39, 0.29) is 36.1 Å². The number of ether oxygens (including phenoxy) is 5. The Morgan fingerprint density at radius 2 is 1.77 bits per heavy atom.